The Morgan fingerprint density at radius 1 is 1.05 bits per heavy atom. The number of carbonyl (C=O) groups is 3. The highest BCUT2D eigenvalue weighted by Gasteiger charge is 2.65. The van der Waals surface area contributed by atoms with Gasteiger partial charge < -0.3 is 20.0 Å². The van der Waals surface area contributed by atoms with Crippen LogP contribution in [0.5, 0.6) is 0 Å². The Balaban J connectivity index is 1.23. The first-order chi connectivity index (χ1) is 19.0. The molecule has 3 fully saturated rings. The van der Waals surface area contributed by atoms with E-state index in [1.807, 2.05) is 6.07 Å². The summed E-state index contributed by atoms with van der Waals surface area (Å²) in [6.45, 7) is 5.79. The second-order valence-corrected chi connectivity index (χ2v) is 12.7. The summed E-state index contributed by atoms with van der Waals surface area (Å²) >= 11 is 0. The summed E-state index contributed by atoms with van der Waals surface area (Å²) in [6, 6.07) is 8.03. The average molecular weight is 551 g/mol. The number of hydrogen-bond acceptors (Lipinski definition) is 7. The molecule has 8 heteroatoms. The minimum atomic E-state index is -1.19. The van der Waals surface area contributed by atoms with Gasteiger partial charge >= 0.3 is 5.97 Å². The first-order valence-electron chi connectivity index (χ1n) is 14.6. The molecule has 8 nitrogen and oxygen atoms in total. The molecule has 0 aliphatic heterocycles. The predicted molar refractivity (Wildman–Crippen MR) is 150 cm³/mol. The van der Waals surface area contributed by atoms with Gasteiger partial charge in [-0.3, -0.25) is 9.59 Å². The summed E-state index contributed by atoms with van der Waals surface area (Å²) in [4.78, 5) is 42.7. The van der Waals surface area contributed by atoms with Crippen LogP contribution in [0.15, 0.2) is 47.1 Å². The van der Waals surface area contributed by atoms with Gasteiger partial charge in [0.2, 0.25) is 0 Å². The molecule has 5 rings (SSSR count). The van der Waals surface area contributed by atoms with Crippen LogP contribution in [0.25, 0.3) is 0 Å². The maximum absolute atomic E-state index is 12.6. The van der Waals surface area contributed by atoms with E-state index in [2.05, 4.69) is 30.4 Å². The molecule has 4 aliphatic rings. The summed E-state index contributed by atoms with van der Waals surface area (Å²) in [5.41, 5.74) is 1.41. The SMILES string of the molecule is COC(=O)[C@@H](NC(=O)CON=C1C=C2CC[C@@H]3[C@H](CC[C@@]4(C)[C@H]3CC[C@]4(O)C(C)=O)[C@@]2(C)CC1)c1ccccc1. The van der Waals surface area contributed by atoms with E-state index in [9.17, 15) is 19.5 Å². The lowest BCUT2D eigenvalue weighted by molar-refractivity contribution is -0.159. The van der Waals surface area contributed by atoms with E-state index >= 15 is 0 Å². The molecule has 1 aromatic carbocycles. The Hall–Kier alpha value is -3.00. The van der Waals surface area contributed by atoms with Gasteiger partial charge in [-0.15, -0.1) is 0 Å². The Morgan fingerprint density at radius 2 is 1.77 bits per heavy atom. The number of carbonyl (C=O) groups excluding carboxylic acids is 3. The van der Waals surface area contributed by atoms with Crippen LogP contribution < -0.4 is 5.32 Å². The van der Waals surface area contributed by atoms with Crippen LogP contribution in [0.2, 0.25) is 0 Å². The number of rotatable bonds is 7. The lowest BCUT2D eigenvalue weighted by Gasteiger charge is -2.59. The van der Waals surface area contributed by atoms with Crippen molar-refractivity contribution in [1.82, 2.24) is 5.32 Å². The lowest BCUT2D eigenvalue weighted by Crippen LogP contribution is -2.57. The maximum atomic E-state index is 12.6. The number of fused-ring (bicyclic) bond motifs is 5. The van der Waals surface area contributed by atoms with Crippen molar-refractivity contribution >= 4 is 23.4 Å². The number of ether oxygens (including phenoxy) is 1. The van der Waals surface area contributed by atoms with E-state index in [4.69, 9.17) is 9.57 Å². The first kappa shape index (κ1) is 28.5. The topological polar surface area (TPSA) is 114 Å². The van der Waals surface area contributed by atoms with Gasteiger partial charge in [-0.2, -0.15) is 0 Å². The number of methoxy groups -OCH3 is 1. The number of nitrogens with zero attached hydrogens (tertiary/aromatic N) is 1. The Labute approximate surface area is 236 Å². The Kier molecular flexibility index (Phi) is 7.68. The molecule has 0 spiro atoms. The zero-order chi connectivity index (χ0) is 28.7. The molecule has 0 radical (unpaired) electrons. The number of Topliss-reactive ketones (excluding diaryl/α,β-unsaturated/α-hetero) is 1. The van der Waals surface area contributed by atoms with Crippen molar-refractivity contribution in [2.45, 2.75) is 83.8 Å². The van der Waals surface area contributed by atoms with Crippen LogP contribution in [-0.4, -0.2) is 47.8 Å². The van der Waals surface area contributed by atoms with Gasteiger partial charge in [-0.25, -0.2) is 4.79 Å². The molecule has 1 aromatic rings. The van der Waals surface area contributed by atoms with Gasteiger partial charge in [-0.05, 0) is 93.1 Å². The maximum Gasteiger partial charge on any atom is 0.333 e. The van der Waals surface area contributed by atoms with Gasteiger partial charge in [0.25, 0.3) is 5.91 Å². The molecular weight excluding hydrogens is 508 g/mol. The third-order valence-electron chi connectivity index (χ3n) is 11.0. The number of oxime groups is 1. The van der Waals surface area contributed by atoms with E-state index in [0.29, 0.717) is 29.7 Å². The highest BCUT2D eigenvalue weighted by atomic mass is 16.6. The number of hydrogen-bond donors (Lipinski definition) is 2. The molecule has 216 valence electrons. The summed E-state index contributed by atoms with van der Waals surface area (Å²) in [6.07, 6.45) is 9.33. The average Bonchev–Trinajstić information content (AvgIpc) is 3.23. The molecule has 40 heavy (non-hydrogen) atoms. The van der Waals surface area contributed by atoms with Crippen LogP contribution >= 0.6 is 0 Å². The van der Waals surface area contributed by atoms with Crippen LogP contribution in [0.1, 0.15) is 83.7 Å². The number of esters is 1. The summed E-state index contributed by atoms with van der Waals surface area (Å²) < 4.78 is 4.86. The third kappa shape index (κ3) is 4.68. The van der Waals surface area contributed by atoms with Crippen molar-refractivity contribution in [3.05, 3.63) is 47.5 Å². The minimum Gasteiger partial charge on any atom is -0.467 e. The number of benzene rings is 1. The van der Waals surface area contributed by atoms with Crippen molar-refractivity contribution in [1.29, 1.82) is 0 Å². The highest BCUT2D eigenvalue weighted by Crippen LogP contribution is 2.67. The molecule has 0 heterocycles. The van der Waals surface area contributed by atoms with E-state index < -0.39 is 23.5 Å². The molecule has 4 aliphatic carbocycles. The zero-order valence-electron chi connectivity index (χ0n) is 24.1. The highest BCUT2D eigenvalue weighted by molar-refractivity contribution is 5.96. The quantitative estimate of drug-likeness (QED) is 0.377. The van der Waals surface area contributed by atoms with Gasteiger partial charge in [0.05, 0.1) is 12.8 Å². The monoisotopic (exact) mass is 550 g/mol. The molecular formula is C32H42N2O6. The van der Waals surface area contributed by atoms with E-state index in [1.54, 1.807) is 31.2 Å². The predicted octanol–water partition coefficient (Wildman–Crippen LogP) is 4.67. The molecule has 0 unspecified atom stereocenters. The Morgan fingerprint density at radius 3 is 2.48 bits per heavy atom. The molecule has 3 saturated carbocycles. The molecule has 0 bridgehead atoms. The van der Waals surface area contributed by atoms with Crippen molar-refractivity contribution < 1.29 is 29.1 Å². The number of aliphatic hydroxyl groups is 1. The Bertz CT molecular complexity index is 1230. The van der Waals surface area contributed by atoms with Gasteiger partial charge in [0, 0.05) is 5.41 Å². The van der Waals surface area contributed by atoms with Crippen molar-refractivity contribution in [2.24, 2.45) is 33.7 Å². The minimum absolute atomic E-state index is 0.0704. The standard InChI is InChI=1S/C32H42N2O6/c1-20(35)32(38)17-14-26-24-11-10-22-18-23(12-15-30(22,2)25(24)13-16-31(26,32)3)34-40-19-27(36)33-28(29(37)39-4)21-8-6-5-7-9-21/h5-9,18,24-26,28,38H,10-17,19H2,1-4H3,(H,33,36)/t24-,25+,26+,28+,30+,31+,32+/m1/s1. The number of ketones is 1. The normalized spacial score (nSPS) is 36.4. The molecule has 0 saturated heterocycles. The first-order valence-corrected chi connectivity index (χ1v) is 14.6. The fraction of sp³-hybridized carbons (Fsp3) is 0.625. The van der Waals surface area contributed by atoms with Crippen LogP contribution in [-0.2, 0) is 24.0 Å². The van der Waals surface area contributed by atoms with E-state index in [-0.39, 0.29) is 23.2 Å². The van der Waals surface area contributed by atoms with E-state index in [0.717, 1.165) is 50.7 Å². The van der Waals surface area contributed by atoms with E-state index in [1.165, 1.54) is 12.7 Å². The molecule has 7 atom stereocenters. The van der Waals surface area contributed by atoms with Gasteiger partial charge in [0.15, 0.2) is 18.4 Å². The summed E-state index contributed by atoms with van der Waals surface area (Å²) in [7, 11) is 1.29. The fourth-order valence-electron chi connectivity index (χ4n) is 8.66. The molecule has 0 aromatic heterocycles. The number of allylic oxidation sites excluding steroid dienone is 2. The van der Waals surface area contributed by atoms with Gasteiger partial charge in [-0.1, -0.05) is 54.9 Å². The van der Waals surface area contributed by atoms with Crippen LogP contribution in [0.3, 0.4) is 0 Å². The third-order valence-corrected chi connectivity index (χ3v) is 11.0. The summed E-state index contributed by atoms with van der Waals surface area (Å²) in [5, 5.41) is 18.3. The number of nitrogens with one attached hydrogen (secondary N) is 1. The second kappa shape index (κ2) is 10.8. The largest absolute Gasteiger partial charge is 0.467 e. The lowest BCUT2D eigenvalue weighted by atomic mass is 9.46. The van der Waals surface area contributed by atoms with Crippen molar-refractivity contribution in [2.75, 3.05) is 13.7 Å². The van der Waals surface area contributed by atoms with Gasteiger partial charge in [0.1, 0.15) is 5.60 Å². The smallest absolute Gasteiger partial charge is 0.333 e. The van der Waals surface area contributed by atoms with Crippen LogP contribution in [0.4, 0.5) is 0 Å². The molecule has 2 N–H and O–H groups in total. The second-order valence-electron chi connectivity index (χ2n) is 12.7. The summed E-state index contributed by atoms with van der Waals surface area (Å²) in [5.74, 6) is 0.336. The fourth-order valence-corrected chi connectivity index (χ4v) is 8.66. The van der Waals surface area contributed by atoms with Crippen molar-refractivity contribution in [3.8, 4) is 0 Å². The zero-order valence-corrected chi connectivity index (χ0v) is 24.1. The van der Waals surface area contributed by atoms with Crippen LogP contribution in [0, 0.1) is 28.6 Å². The van der Waals surface area contributed by atoms with Crippen molar-refractivity contribution in [3.63, 3.8) is 0 Å². The number of amides is 1. The molecule has 1 amide bonds.